The summed E-state index contributed by atoms with van der Waals surface area (Å²) in [5.41, 5.74) is 0.146. The van der Waals surface area contributed by atoms with Gasteiger partial charge in [0.25, 0.3) is 0 Å². The van der Waals surface area contributed by atoms with E-state index < -0.39 is 5.41 Å². The predicted octanol–water partition coefficient (Wildman–Crippen LogP) is 2.08. The van der Waals surface area contributed by atoms with Crippen LogP contribution in [0.5, 0.6) is 0 Å². The minimum atomic E-state index is -0.643. The molecule has 5 heteroatoms. The Morgan fingerprint density at radius 1 is 1.39 bits per heavy atom. The van der Waals surface area contributed by atoms with Crippen LogP contribution in [-0.4, -0.2) is 50.2 Å². The fourth-order valence-electron chi connectivity index (χ4n) is 3.83. The van der Waals surface area contributed by atoms with Gasteiger partial charge in [0.2, 0.25) is 5.91 Å². The quantitative estimate of drug-likeness (QED) is 0.927. The van der Waals surface area contributed by atoms with Crippen LogP contribution in [0.25, 0.3) is 0 Å². The lowest BCUT2D eigenvalue weighted by atomic mass is 9.72. The van der Waals surface area contributed by atoms with Gasteiger partial charge in [0.1, 0.15) is 5.82 Å². The van der Waals surface area contributed by atoms with Gasteiger partial charge in [-0.3, -0.25) is 4.79 Å². The molecule has 126 valence electrons. The van der Waals surface area contributed by atoms with Crippen molar-refractivity contribution in [2.24, 2.45) is 0 Å². The lowest BCUT2D eigenvalue weighted by molar-refractivity contribution is -0.142. The highest BCUT2D eigenvalue weighted by Crippen LogP contribution is 2.37. The molecule has 1 amide bonds. The van der Waals surface area contributed by atoms with Gasteiger partial charge in [0.15, 0.2) is 0 Å². The highest BCUT2D eigenvalue weighted by Gasteiger charge is 2.44. The van der Waals surface area contributed by atoms with Gasteiger partial charge in [0, 0.05) is 32.3 Å². The average Bonchev–Trinajstić information content (AvgIpc) is 2.61. The van der Waals surface area contributed by atoms with E-state index >= 15 is 0 Å². The zero-order valence-electron chi connectivity index (χ0n) is 13.7. The fraction of sp³-hybridized carbons (Fsp3) is 0.611. The number of halogens is 1. The molecule has 2 aliphatic rings. The number of hydrogen-bond donors (Lipinski definition) is 1. The maximum absolute atomic E-state index is 13.7. The Hall–Kier alpha value is -1.46. The van der Waals surface area contributed by atoms with Crippen LogP contribution in [-0.2, 0) is 14.9 Å². The summed E-state index contributed by atoms with van der Waals surface area (Å²) in [5.74, 6) is -0.153. The van der Waals surface area contributed by atoms with Crippen molar-refractivity contribution in [3.63, 3.8) is 0 Å². The van der Waals surface area contributed by atoms with Gasteiger partial charge in [0.05, 0.1) is 5.41 Å². The predicted molar refractivity (Wildman–Crippen MR) is 86.8 cm³/mol. The van der Waals surface area contributed by atoms with Crippen LogP contribution in [0.4, 0.5) is 4.39 Å². The maximum atomic E-state index is 13.7. The van der Waals surface area contributed by atoms with Crippen LogP contribution in [0.2, 0.25) is 0 Å². The number of benzene rings is 1. The minimum Gasteiger partial charge on any atom is -0.381 e. The van der Waals surface area contributed by atoms with Crippen molar-refractivity contribution in [1.29, 1.82) is 0 Å². The minimum absolute atomic E-state index is 0.131. The summed E-state index contributed by atoms with van der Waals surface area (Å²) in [4.78, 5) is 15.3. The molecule has 3 rings (SSSR count). The molecule has 1 aromatic carbocycles. The summed E-state index contributed by atoms with van der Waals surface area (Å²) in [6.07, 6.45) is 3.34. The summed E-state index contributed by atoms with van der Waals surface area (Å²) >= 11 is 0. The maximum Gasteiger partial charge on any atom is 0.233 e. The highest BCUT2D eigenvalue weighted by atomic mass is 19.1. The van der Waals surface area contributed by atoms with Gasteiger partial charge in [-0.1, -0.05) is 12.1 Å². The summed E-state index contributed by atoms with van der Waals surface area (Å²) in [7, 11) is 1.94. The van der Waals surface area contributed by atoms with Crippen LogP contribution in [0, 0.1) is 5.82 Å². The summed E-state index contributed by atoms with van der Waals surface area (Å²) < 4.78 is 19.2. The molecule has 0 radical (unpaired) electrons. The van der Waals surface area contributed by atoms with E-state index in [1.807, 2.05) is 18.0 Å². The van der Waals surface area contributed by atoms with E-state index in [2.05, 4.69) is 5.32 Å². The molecule has 0 spiro atoms. The smallest absolute Gasteiger partial charge is 0.233 e. The first-order valence-corrected chi connectivity index (χ1v) is 8.46. The average molecular weight is 320 g/mol. The standard InChI is InChI=1S/C18H25FN2O2/c1-20-16-6-3-9-21(13-16)17(22)18(7-10-23-11-8-18)14-4-2-5-15(19)12-14/h2,4-5,12,16,20H,3,6-11,13H2,1H3/t16-/m0/s1. The number of amides is 1. The summed E-state index contributed by atoms with van der Waals surface area (Å²) in [6, 6.07) is 6.87. The molecule has 2 heterocycles. The second kappa shape index (κ2) is 6.97. The fourth-order valence-corrected chi connectivity index (χ4v) is 3.83. The Labute approximate surface area is 137 Å². The van der Waals surface area contributed by atoms with Crippen molar-refractivity contribution in [3.05, 3.63) is 35.6 Å². The lowest BCUT2D eigenvalue weighted by Crippen LogP contribution is -2.55. The third kappa shape index (κ3) is 3.26. The molecule has 0 unspecified atom stereocenters. The molecular weight excluding hydrogens is 295 g/mol. The number of likely N-dealkylation sites (N-methyl/N-ethyl adjacent to an activating group) is 1. The normalized spacial score (nSPS) is 24.4. The van der Waals surface area contributed by atoms with E-state index in [1.165, 1.54) is 12.1 Å². The molecule has 1 atom stereocenters. The summed E-state index contributed by atoms with van der Waals surface area (Å²) in [6.45, 7) is 2.61. The topological polar surface area (TPSA) is 41.6 Å². The molecule has 0 aliphatic carbocycles. The van der Waals surface area contributed by atoms with Gasteiger partial charge < -0.3 is 15.0 Å². The van der Waals surface area contributed by atoms with Crippen molar-refractivity contribution in [2.75, 3.05) is 33.4 Å². The zero-order valence-corrected chi connectivity index (χ0v) is 13.7. The largest absolute Gasteiger partial charge is 0.381 e. The molecule has 0 aromatic heterocycles. The van der Waals surface area contributed by atoms with Crippen molar-refractivity contribution in [3.8, 4) is 0 Å². The van der Waals surface area contributed by atoms with Gasteiger partial charge in [-0.2, -0.15) is 0 Å². The summed E-state index contributed by atoms with van der Waals surface area (Å²) in [5, 5.41) is 3.27. The number of nitrogens with one attached hydrogen (secondary N) is 1. The van der Waals surface area contributed by atoms with Crippen LogP contribution in [0.15, 0.2) is 24.3 Å². The number of ether oxygens (including phenoxy) is 1. The molecule has 23 heavy (non-hydrogen) atoms. The number of piperidine rings is 1. The van der Waals surface area contributed by atoms with E-state index in [1.54, 1.807) is 6.07 Å². The number of rotatable bonds is 3. The third-order valence-electron chi connectivity index (χ3n) is 5.25. The van der Waals surface area contributed by atoms with E-state index in [9.17, 15) is 9.18 Å². The van der Waals surface area contributed by atoms with Crippen LogP contribution in [0.3, 0.4) is 0 Å². The SMILES string of the molecule is CN[C@H]1CCCN(C(=O)C2(c3cccc(F)c3)CCOCC2)C1. The monoisotopic (exact) mass is 320 g/mol. The van der Waals surface area contributed by atoms with Gasteiger partial charge >= 0.3 is 0 Å². The van der Waals surface area contributed by atoms with Crippen molar-refractivity contribution < 1.29 is 13.9 Å². The Bertz CT molecular complexity index is 558. The van der Waals surface area contributed by atoms with Crippen LogP contribution >= 0.6 is 0 Å². The Balaban J connectivity index is 1.90. The first kappa shape index (κ1) is 16.4. The highest BCUT2D eigenvalue weighted by molar-refractivity contribution is 5.88. The van der Waals surface area contributed by atoms with Gasteiger partial charge in [-0.05, 0) is 50.4 Å². The van der Waals surface area contributed by atoms with Crippen LogP contribution < -0.4 is 5.32 Å². The molecule has 1 N–H and O–H groups in total. The Kier molecular flexibility index (Phi) is 4.97. The van der Waals surface area contributed by atoms with Crippen LogP contribution in [0.1, 0.15) is 31.2 Å². The molecule has 1 aromatic rings. The second-order valence-electron chi connectivity index (χ2n) is 6.58. The molecular formula is C18H25FN2O2. The van der Waals surface area contributed by atoms with Crippen molar-refractivity contribution in [2.45, 2.75) is 37.1 Å². The van der Waals surface area contributed by atoms with Crippen molar-refractivity contribution >= 4 is 5.91 Å². The molecule has 2 aliphatic heterocycles. The van der Waals surface area contributed by atoms with Gasteiger partial charge in [-0.25, -0.2) is 4.39 Å². The molecule has 0 saturated carbocycles. The Morgan fingerprint density at radius 3 is 2.87 bits per heavy atom. The first-order valence-electron chi connectivity index (χ1n) is 8.46. The van der Waals surface area contributed by atoms with E-state index in [-0.39, 0.29) is 11.7 Å². The molecule has 2 fully saturated rings. The van der Waals surface area contributed by atoms with E-state index in [0.717, 1.165) is 31.5 Å². The Morgan fingerprint density at radius 2 is 2.17 bits per heavy atom. The van der Waals surface area contributed by atoms with Gasteiger partial charge in [-0.15, -0.1) is 0 Å². The number of nitrogens with zero attached hydrogens (tertiary/aromatic N) is 1. The number of likely N-dealkylation sites (tertiary alicyclic amines) is 1. The zero-order chi connectivity index (χ0) is 16.3. The number of carbonyl (C=O) groups is 1. The first-order chi connectivity index (χ1) is 11.2. The molecule has 0 bridgehead atoms. The molecule has 2 saturated heterocycles. The second-order valence-corrected chi connectivity index (χ2v) is 6.58. The van der Waals surface area contributed by atoms with Crippen molar-refractivity contribution in [1.82, 2.24) is 10.2 Å². The molecule has 4 nitrogen and oxygen atoms in total. The lowest BCUT2D eigenvalue weighted by Gasteiger charge is -2.42. The number of carbonyl (C=O) groups excluding carboxylic acids is 1. The van der Waals surface area contributed by atoms with E-state index in [0.29, 0.717) is 32.1 Å². The number of hydrogen-bond acceptors (Lipinski definition) is 3. The van der Waals surface area contributed by atoms with E-state index in [4.69, 9.17) is 4.74 Å². The third-order valence-corrected chi connectivity index (χ3v) is 5.25.